The molecule has 5 rings (SSSR count). The first-order valence-electron chi connectivity index (χ1n) is 14.0. The number of rotatable bonds is 10. The smallest absolute Gasteiger partial charge is 0.262 e. The Morgan fingerprint density at radius 1 is 1.10 bits per heavy atom. The molecule has 0 bridgehead atoms. The number of hydrogen-bond donors (Lipinski definition) is 2. The van der Waals surface area contributed by atoms with Gasteiger partial charge in [-0.3, -0.25) is 19.0 Å². The molecule has 1 aliphatic carbocycles. The van der Waals surface area contributed by atoms with Gasteiger partial charge in [-0.2, -0.15) is 0 Å². The van der Waals surface area contributed by atoms with E-state index in [2.05, 4.69) is 10.6 Å². The number of anilines is 1. The van der Waals surface area contributed by atoms with Crippen LogP contribution in [0.5, 0.6) is 5.75 Å². The van der Waals surface area contributed by atoms with Gasteiger partial charge in [0.1, 0.15) is 5.75 Å². The van der Waals surface area contributed by atoms with Gasteiger partial charge in [0.05, 0.1) is 29.9 Å². The minimum absolute atomic E-state index is 0.00162. The number of methoxy groups -OCH3 is 1. The fourth-order valence-corrected chi connectivity index (χ4v) is 6.28. The highest BCUT2D eigenvalue weighted by atomic mass is 32.2. The molecule has 0 radical (unpaired) electrons. The molecule has 212 valence electrons. The van der Waals surface area contributed by atoms with Crippen LogP contribution < -0.4 is 20.9 Å². The summed E-state index contributed by atoms with van der Waals surface area (Å²) in [6.45, 7) is 1.88. The molecule has 2 fully saturated rings. The molecule has 2 aromatic carbocycles. The average Bonchev–Trinajstić information content (AvgIpc) is 3.51. The van der Waals surface area contributed by atoms with E-state index in [9.17, 15) is 14.4 Å². The van der Waals surface area contributed by atoms with Gasteiger partial charge in [-0.05, 0) is 68.7 Å². The Bertz CT molecular complexity index is 1400. The first kappa shape index (κ1) is 28.2. The van der Waals surface area contributed by atoms with E-state index in [1.165, 1.54) is 11.8 Å². The summed E-state index contributed by atoms with van der Waals surface area (Å²) in [5, 5.41) is 7.05. The van der Waals surface area contributed by atoms with E-state index >= 15 is 0 Å². The fraction of sp³-hybridized carbons (Fsp3) is 0.467. The van der Waals surface area contributed by atoms with Gasteiger partial charge in [0.15, 0.2) is 5.16 Å². The normalized spacial score (nSPS) is 20.8. The van der Waals surface area contributed by atoms with Gasteiger partial charge in [0.25, 0.3) is 5.56 Å². The fourth-order valence-electron chi connectivity index (χ4n) is 5.48. The lowest BCUT2D eigenvalue weighted by atomic mass is 9.81. The van der Waals surface area contributed by atoms with Gasteiger partial charge < -0.3 is 20.1 Å². The van der Waals surface area contributed by atoms with Crippen molar-refractivity contribution in [3.05, 3.63) is 58.9 Å². The van der Waals surface area contributed by atoms with Crippen molar-refractivity contribution in [3.63, 3.8) is 0 Å². The van der Waals surface area contributed by atoms with Crippen LogP contribution in [0.3, 0.4) is 0 Å². The van der Waals surface area contributed by atoms with Crippen molar-refractivity contribution in [2.75, 3.05) is 31.3 Å². The maximum Gasteiger partial charge on any atom is 0.262 e. The lowest BCUT2D eigenvalue weighted by molar-refractivity contribution is -0.126. The molecule has 0 spiro atoms. The maximum atomic E-state index is 13.5. The maximum absolute atomic E-state index is 13.5. The minimum Gasteiger partial charge on any atom is -0.497 e. The molecule has 2 aliphatic rings. The molecule has 2 amide bonds. The van der Waals surface area contributed by atoms with Crippen molar-refractivity contribution in [2.45, 2.75) is 56.3 Å². The second kappa shape index (κ2) is 13.3. The van der Waals surface area contributed by atoms with Crippen LogP contribution in [0.4, 0.5) is 5.69 Å². The third-order valence-electron chi connectivity index (χ3n) is 7.70. The third-order valence-corrected chi connectivity index (χ3v) is 8.68. The molecule has 1 atom stereocenters. The number of nitrogens with zero attached hydrogens (tertiary/aromatic N) is 2. The molecule has 10 heteroatoms. The molecule has 1 aromatic heterocycles. The average molecular weight is 565 g/mol. The van der Waals surface area contributed by atoms with E-state index in [0.29, 0.717) is 40.6 Å². The van der Waals surface area contributed by atoms with Crippen LogP contribution in [-0.4, -0.2) is 53.5 Å². The number of fused-ring (bicyclic) bond motifs is 1. The number of thioether (sulfide) groups is 1. The number of carbonyl (C=O) groups is 2. The monoisotopic (exact) mass is 564 g/mol. The molecule has 1 saturated carbocycles. The van der Waals surface area contributed by atoms with Gasteiger partial charge in [0.2, 0.25) is 11.8 Å². The largest absolute Gasteiger partial charge is 0.497 e. The second-order valence-electron chi connectivity index (χ2n) is 10.5. The molecule has 2 N–H and O–H groups in total. The summed E-state index contributed by atoms with van der Waals surface area (Å²) in [4.78, 5) is 43.7. The van der Waals surface area contributed by atoms with E-state index < -0.39 is 0 Å². The van der Waals surface area contributed by atoms with Crippen LogP contribution in [0.1, 0.15) is 38.5 Å². The Hall–Kier alpha value is -3.37. The summed E-state index contributed by atoms with van der Waals surface area (Å²) >= 11 is 1.26. The van der Waals surface area contributed by atoms with Crippen LogP contribution >= 0.6 is 11.8 Å². The first-order valence-corrected chi connectivity index (χ1v) is 14.9. The lowest BCUT2D eigenvalue weighted by Crippen LogP contribution is -2.38. The van der Waals surface area contributed by atoms with Gasteiger partial charge in [0, 0.05) is 37.4 Å². The predicted molar refractivity (Wildman–Crippen MR) is 156 cm³/mol. The highest BCUT2D eigenvalue weighted by Gasteiger charge is 2.28. The highest BCUT2D eigenvalue weighted by molar-refractivity contribution is 7.99. The number of benzene rings is 2. The number of ether oxygens (including phenoxy) is 2. The molecule has 9 nitrogen and oxygen atoms in total. The molecule has 2 heterocycles. The van der Waals surface area contributed by atoms with E-state index in [0.717, 1.165) is 45.1 Å². The third kappa shape index (κ3) is 7.03. The van der Waals surface area contributed by atoms with Crippen molar-refractivity contribution < 1.29 is 19.1 Å². The van der Waals surface area contributed by atoms with Gasteiger partial charge >= 0.3 is 0 Å². The lowest BCUT2D eigenvalue weighted by Gasteiger charge is -2.29. The molecule has 1 saturated heterocycles. The van der Waals surface area contributed by atoms with Gasteiger partial charge in [-0.25, -0.2) is 4.98 Å². The number of hydrogen-bond acceptors (Lipinski definition) is 7. The minimum atomic E-state index is -0.193. The summed E-state index contributed by atoms with van der Waals surface area (Å²) in [6, 6.07) is 14.5. The zero-order valence-electron chi connectivity index (χ0n) is 22.8. The summed E-state index contributed by atoms with van der Waals surface area (Å²) in [6.07, 6.45) is 5.51. The quantitative estimate of drug-likeness (QED) is 0.280. The SMILES string of the molecule is COc1cccc(NC(=O)CSc2nc3ccccc3c(=O)n2CC2CCC(C(=O)NCC3CCCO3)CC2)c1. The van der Waals surface area contributed by atoms with Crippen LogP contribution in [0.25, 0.3) is 10.9 Å². The number of para-hydroxylation sites is 1. The Morgan fingerprint density at radius 3 is 2.70 bits per heavy atom. The first-order chi connectivity index (χ1) is 19.5. The van der Waals surface area contributed by atoms with Crippen molar-refractivity contribution >= 4 is 40.2 Å². The summed E-state index contributed by atoms with van der Waals surface area (Å²) in [7, 11) is 1.58. The molecule has 1 aliphatic heterocycles. The van der Waals surface area contributed by atoms with Crippen molar-refractivity contribution in [1.29, 1.82) is 0 Å². The topological polar surface area (TPSA) is 112 Å². The van der Waals surface area contributed by atoms with Crippen LogP contribution in [-0.2, 0) is 20.9 Å². The molecular weight excluding hydrogens is 528 g/mol. The summed E-state index contributed by atoms with van der Waals surface area (Å²) in [5.41, 5.74) is 1.16. The summed E-state index contributed by atoms with van der Waals surface area (Å²) in [5.74, 6) is 0.940. The number of nitrogens with one attached hydrogen (secondary N) is 2. The van der Waals surface area contributed by atoms with Crippen molar-refractivity contribution in [1.82, 2.24) is 14.9 Å². The van der Waals surface area contributed by atoms with E-state index in [4.69, 9.17) is 14.5 Å². The Kier molecular flexibility index (Phi) is 9.38. The number of amides is 2. The predicted octanol–water partition coefficient (Wildman–Crippen LogP) is 4.24. The number of carbonyl (C=O) groups excluding carboxylic acids is 2. The van der Waals surface area contributed by atoms with Crippen molar-refractivity contribution in [2.24, 2.45) is 11.8 Å². The van der Waals surface area contributed by atoms with E-state index in [1.54, 1.807) is 29.9 Å². The van der Waals surface area contributed by atoms with E-state index in [-0.39, 0.29) is 41.1 Å². The van der Waals surface area contributed by atoms with Crippen LogP contribution in [0, 0.1) is 11.8 Å². The zero-order valence-corrected chi connectivity index (χ0v) is 23.6. The van der Waals surface area contributed by atoms with Crippen LogP contribution in [0.2, 0.25) is 0 Å². The number of aromatic nitrogens is 2. The summed E-state index contributed by atoms with van der Waals surface area (Å²) < 4.78 is 12.6. The Balaban J connectivity index is 1.23. The van der Waals surface area contributed by atoms with Gasteiger partial charge in [-0.1, -0.05) is 30.0 Å². The van der Waals surface area contributed by atoms with Gasteiger partial charge in [-0.15, -0.1) is 0 Å². The molecule has 1 unspecified atom stereocenters. The highest BCUT2D eigenvalue weighted by Crippen LogP contribution is 2.31. The van der Waals surface area contributed by atoms with Crippen molar-refractivity contribution in [3.8, 4) is 5.75 Å². The van der Waals surface area contributed by atoms with E-state index in [1.807, 2.05) is 30.3 Å². The zero-order chi connectivity index (χ0) is 27.9. The molecular formula is C30H36N4O5S. The molecule has 40 heavy (non-hydrogen) atoms. The standard InChI is InChI=1S/C30H36N4O5S/c1-38-23-7-4-6-22(16-23)32-27(35)19-40-30-33-26-10-3-2-9-25(26)29(37)34(30)18-20-11-13-21(14-12-20)28(36)31-17-24-8-5-15-39-24/h2-4,6-7,9-10,16,20-21,24H,5,8,11-15,17-19H2,1H3,(H,31,36)(H,32,35). The molecule has 3 aromatic rings. The Labute approximate surface area is 238 Å². The Morgan fingerprint density at radius 2 is 1.93 bits per heavy atom. The van der Waals surface area contributed by atoms with Crippen LogP contribution in [0.15, 0.2) is 58.5 Å². The second-order valence-corrected chi connectivity index (χ2v) is 11.4.